The molecule has 1 fully saturated rings. The highest BCUT2D eigenvalue weighted by Gasteiger charge is 2.40. The third-order valence-electron chi connectivity index (χ3n) is 4.55. The van der Waals surface area contributed by atoms with E-state index in [1.807, 2.05) is 31.2 Å². The molecule has 0 radical (unpaired) electrons. The maximum absolute atomic E-state index is 12.3. The number of aryl methyl sites for hydroxylation is 1. The Morgan fingerprint density at radius 1 is 1.50 bits per heavy atom. The van der Waals surface area contributed by atoms with Gasteiger partial charge in [0.2, 0.25) is 5.91 Å². The minimum Gasteiger partial charge on any atom is -0.497 e. The van der Waals surface area contributed by atoms with Crippen molar-refractivity contribution < 1.29 is 19.7 Å². The monoisotopic (exact) mass is 307 g/mol. The molecule has 5 heteroatoms. The van der Waals surface area contributed by atoms with Crippen molar-refractivity contribution in [2.45, 2.75) is 44.3 Å². The number of hydrogen-bond donors (Lipinski definition) is 2. The van der Waals surface area contributed by atoms with Crippen molar-refractivity contribution in [3.05, 3.63) is 29.8 Å². The van der Waals surface area contributed by atoms with Crippen molar-refractivity contribution in [3.8, 4) is 5.75 Å². The number of hydrogen-bond acceptors (Lipinski definition) is 4. The number of β-amino-alcohol motifs (C(OH)–C–C–N with tert-alkyl or cyclic N) is 1. The zero-order chi connectivity index (χ0) is 16.2. The van der Waals surface area contributed by atoms with Crippen molar-refractivity contribution in [2.24, 2.45) is 0 Å². The van der Waals surface area contributed by atoms with Gasteiger partial charge in [-0.15, -0.1) is 0 Å². The fraction of sp³-hybridized carbons (Fsp3) is 0.588. The van der Waals surface area contributed by atoms with Crippen molar-refractivity contribution in [2.75, 3.05) is 20.2 Å². The quantitative estimate of drug-likeness (QED) is 0.862. The van der Waals surface area contributed by atoms with E-state index in [1.54, 1.807) is 12.0 Å². The molecule has 1 amide bonds. The van der Waals surface area contributed by atoms with Crippen LogP contribution in [0, 0.1) is 0 Å². The van der Waals surface area contributed by atoms with Crippen LogP contribution in [0.15, 0.2) is 24.3 Å². The van der Waals surface area contributed by atoms with Crippen molar-refractivity contribution in [1.82, 2.24) is 4.90 Å². The first kappa shape index (κ1) is 16.8. The molecule has 0 saturated carbocycles. The van der Waals surface area contributed by atoms with Crippen LogP contribution in [-0.4, -0.2) is 52.9 Å². The van der Waals surface area contributed by atoms with Gasteiger partial charge in [-0.3, -0.25) is 4.79 Å². The minimum absolute atomic E-state index is 0.0139. The van der Waals surface area contributed by atoms with E-state index in [9.17, 15) is 15.0 Å². The average Bonchev–Trinajstić information content (AvgIpc) is 2.55. The minimum atomic E-state index is -1.05. The lowest BCUT2D eigenvalue weighted by atomic mass is 9.86. The van der Waals surface area contributed by atoms with Crippen molar-refractivity contribution in [1.29, 1.82) is 0 Å². The summed E-state index contributed by atoms with van der Waals surface area (Å²) in [6, 6.07) is 7.67. The molecule has 2 N–H and O–H groups in total. The highest BCUT2D eigenvalue weighted by molar-refractivity contribution is 5.76. The van der Waals surface area contributed by atoms with Crippen LogP contribution in [0.25, 0.3) is 0 Å². The van der Waals surface area contributed by atoms with Gasteiger partial charge in [0, 0.05) is 19.5 Å². The van der Waals surface area contributed by atoms with Crippen molar-refractivity contribution >= 4 is 5.91 Å². The summed E-state index contributed by atoms with van der Waals surface area (Å²) in [7, 11) is 1.62. The van der Waals surface area contributed by atoms with Crippen LogP contribution < -0.4 is 4.74 Å². The Morgan fingerprint density at radius 2 is 2.27 bits per heavy atom. The number of rotatable bonds is 5. The molecule has 2 atom stereocenters. The molecule has 1 aromatic carbocycles. The van der Waals surface area contributed by atoms with Gasteiger partial charge in [0.15, 0.2) is 0 Å². The highest BCUT2D eigenvalue weighted by atomic mass is 16.5. The molecule has 0 aromatic heterocycles. The second-order valence-electron chi connectivity index (χ2n) is 5.91. The Bertz CT molecular complexity index is 519. The molecule has 1 heterocycles. The smallest absolute Gasteiger partial charge is 0.222 e. The Kier molecular flexibility index (Phi) is 5.42. The van der Waals surface area contributed by atoms with E-state index in [4.69, 9.17) is 4.74 Å². The summed E-state index contributed by atoms with van der Waals surface area (Å²) < 4.78 is 5.17. The average molecular weight is 307 g/mol. The number of carbonyl (C=O) groups excluding carboxylic acids is 1. The van der Waals surface area contributed by atoms with E-state index in [1.165, 1.54) is 0 Å². The number of aliphatic hydroxyl groups excluding tert-OH is 1. The number of aliphatic hydroxyl groups is 2. The van der Waals surface area contributed by atoms with E-state index in [0.29, 0.717) is 32.2 Å². The van der Waals surface area contributed by atoms with Gasteiger partial charge in [0.1, 0.15) is 11.9 Å². The molecule has 0 bridgehead atoms. The number of benzene rings is 1. The number of likely N-dealkylation sites (tertiary alicyclic amines) is 1. The number of amides is 1. The fourth-order valence-corrected chi connectivity index (χ4v) is 2.84. The first-order chi connectivity index (χ1) is 10.5. The molecule has 0 aliphatic carbocycles. The topological polar surface area (TPSA) is 70.0 Å². The molecule has 1 aliphatic rings. The Hall–Kier alpha value is -1.59. The Labute approximate surface area is 131 Å². The number of methoxy groups -OCH3 is 1. The highest BCUT2D eigenvalue weighted by Crippen LogP contribution is 2.26. The molecular weight excluding hydrogens is 282 g/mol. The van der Waals surface area contributed by atoms with E-state index in [2.05, 4.69) is 0 Å². The van der Waals surface area contributed by atoms with Crippen LogP contribution in [0.1, 0.15) is 31.7 Å². The molecule has 0 spiro atoms. The normalized spacial score (nSPS) is 25.1. The first-order valence-corrected chi connectivity index (χ1v) is 7.79. The number of ether oxygens (including phenoxy) is 1. The Morgan fingerprint density at radius 3 is 2.91 bits per heavy atom. The van der Waals surface area contributed by atoms with Crippen LogP contribution in [0.3, 0.4) is 0 Å². The van der Waals surface area contributed by atoms with Crippen LogP contribution in [0.4, 0.5) is 0 Å². The van der Waals surface area contributed by atoms with Gasteiger partial charge in [-0.05, 0) is 37.0 Å². The predicted molar refractivity (Wildman–Crippen MR) is 83.8 cm³/mol. The summed E-state index contributed by atoms with van der Waals surface area (Å²) in [6.45, 7) is 2.56. The third kappa shape index (κ3) is 3.78. The maximum atomic E-state index is 12.3. The molecule has 0 unspecified atom stereocenters. The van der Waals surface area contributed by atoms with Gasteiger partial charge in [0.05, 0.1) is 12.7 Å². The number of nitrogens with zero attached hydrogens (tertiary/aromatic N) is 1. The number of carbonyl (C=O) groups is 1. The van der Waals surface area contributed by atoms with E-state index in [-0.39, 0.29) is 12.5 Å². The van der Waals surface area contributed by atoms with Crippen LogP contribution >= 0.6 is 0 Å². The van der Waals surface area contributed by atoms with E-state index in [0.717, 1.165) is 11.3 Å². The summed E-state index contributed by atoms with van der Waals surface area (Å²) in [4.78, 5) is 13.9. The third-order valence-corrected chi connectivity index (χ3v) is 4.55. The van der Waals surface area contributed by atoms with Crippen LogP contribution in [0.5, 0.6) is 5.75 Å². The van der Waals surface area contributed by atoms with E-state index >= 15 is 0 Å². The molecule has 1 aliphatic heterocycles. The molecule has 122 valence electrons. The SMILES string of the molecule is CC[C@@]1(O)CCN(C(=O)CCc2cccc(OC)c2)C[C@H]1O. The fourth-order valence-electron chi connectivity index (χ4n) is 2.84. The van der Waals surface area contributed by atoms with E-state index < -0.39 is 11.7 Å². The van der Waals surface area contributed by atoms with Crippen molar-refractivity contribution in [3.63, 3.8) is 0 Å². The van der Waals surface area contributed by atoms with Crippen LogP contribution in [-0.2, 0) is 11.2 Å². The zero-order valence-corrected chi connectivity index (χ0v) is 13.3. The second-order valence-corrected chi connectivity index (χ2v) is 5.91. The first-order valence-electron chi connectivity index (χ1n) is 7.79. The molecule has 1 saturated heterocycles. The number of piperidine rings is 1. The summed E-state index contributed by atoms with van der Waals surface area (Å²) in [5, 5.41) is 20.3. The lowest BCUT2D eigenvalue weighted by molar-refractivity contribution is -0.149. The summed E-state index contributed by atoms with van der Waals surface area (Å²) in [5.74, 6) is 0.798. The lowest BCUT2D eigenvalue weighted by Gasteiger charge is -2.41. The molecule has 22 heavy (non-hydrogen) atoms. The zero-order valence-electron chi connectivity index (χ0n) is 13.3. The second kappa shape index (κ2) is 7.11. The summed E-state index contributed by atoms with van der Waals surface area (Å²) in [5.41, 5.74) is -0.000784. The molecule has 5 nitrogen and oxygen atoms in total. The van der Waals surface area contributed by atoms with Gasteiger partial charge in [-0.1, -0.05) is 19.1 Å². The largest absolute Gasteiger partial charge is 0.497 e. The van der Waals surface area contributed by atoms with Gasteiger partial charge in [0.25, 0.3) is 0 Å². The summed E-state index contributed by atoms with van der Waals surface area (Å²) in [6.07, 6.45) is 1.09. The molecule has 2 rings (SSSR count). The van der Waals surface area contributed by atoms with Gasteiger partial charge in [-0.25, -0.2) is 0 Å². The predicted octanol–water partition coefficient (Wildman–Crippen LogP) is 1.36. The molecular formula is C17H25NO4. The molecule has 1 aromatic rings. The van der Waals surface area contributed by atoms with Gasteiger partial charge < -0.3 is 19.8 Å². The maximum Gasteiger partial charge on any atom is 0.222 e. The Balaban J connectivity index is 1.88. The summed E-state index contributed by atoms with van der Waals surface area (Å²) >= 11 is 0. The lowest BCUT2D eigenvalue weighted by Crippen LogP contribution is -2.56. The van der Waals surface area contributed by atoms with Gasteiger partial charge in [-0.2, -0.15) is 0 Å². The van der Waals surface area contributed by atoms with Crippen LogP contribution in [0.2, 0.25) is 0 Å². The van der Waals surface area contributed by atoms with Gasteiger partial charge >= 0.3 is 0 Å². The standard InChI is InChI=1S/C17H25NO4/c1-3-17(21)9-10-18(12-15(17)19)16(20)8-7-13-5-4-6-14(11-13)22-2/h4-6,11,15,19,21H,3,7-10,12H2,1-2H3/t15-,17-/m1/s1.